The Labute approximate surface area is 116 Å². The first-order valence-electron chi connectivity index (χ1n) is 6.33. The Morgan fingerprint density at radius 3 is 2.90 bits per heavy atom. The Hall–Kier alpha value is -1.99. The van der Waals surface area contributed by atoms with Gasteiger partial charge in [-0.3, -0.25) is 14.9 Å². The van der Waals surface area contributed by atoms with E-state index < -0.39 is 4.92 Å². The molecule has 0 bridgehead atoms. The van der Waals surface area contributed by atoms with Crippen LogP contribution in [-0.2, 0) is 4.74 Å². The van der Waals surface area contributed by atoms with Gasteiger partial charge >= 0.3 is 0 Å². The highest BCUT2D eigenvalue weighted by atomic mass is 16.6. The van der Waals surface area contributed by atoms with E-state index >= 15 is 0 Å². The molecule has 2 atom stereocenters. The number of carbonyl (C=O) groups is 1. The Morgan fingerprint density at radius 1 is 1.50 bits per heavy atom. The number of methoxy groups -OCH3 is 1. The third-order valence-electron chi connectivity index (χ3n) is 3.52. The molecule has 1 aromatic carbocycles. The number of nitrogens with zero attached hydrogens (tertiary/aromatic N) is 1. The van der Waals surface area contributed by atoms with Crippen LogP contribution in [0.4, 0.5) is 5.69 Å². The van der Waals surface area contributed by atoms with Crippen LogP contribution in [0.25, 0.3) is 0 Å². The number of nitro benzene ring substituents is 1. The summed E-state index contributed by atoms with van der Waals surface area (Å²) in [6, 6.07) is 4.36. The van der Waals surface area contributed by atoms with E-state index in [1.807, 2.05) is 0 Å². The van der Waals surface area contributed by atoms with Gasteiger partial charge in [0.15, 0.2) is 0 Å². The Bertz CT molecular complexity index is 532. The molecule has 2 rings (SSSR count). The predicted octanol–water partition coefficient (Wildman–Crippen LogP) is 0.620. The van der Waals surface area contributed by atoms with Crippen LogP contribution in [0.2, 0.25) is 0 Å². The smallest absolute Gasteiger partial charge is 0.273 e. The number of amides is 1. The Morgan fingerprint density at radius 2 is 2.25 bits per heavy atom. The maximum absolute atomic E-state index is 12.2. The average Bonchev–Trinajstić information content (AvgIpc) is 2.85. The second-order valence-corrected chi connectivity index (χ2v) is 4.72. The SMILES string of the molecule is CO[C@H]1CNCC1NC(=O)c1cccc([N+](=O)[O-])c1C. The van der Waals surface area contributed by atoms with Crippen LogP contribution in [0.5, 0.6) is 0 Å². The molecule has 7 nitrogen and oxygen atoms in total. The van der Waals surface area contributed by atoms with Gasteiger partial charge in [0.1, 0.15) is 0 Å². The number of hydrogen-bond acceptors (Lipinski definition) is 5. The highest BCUT2D eigenvalue weighted by molar-refractivity contribution is 5.96. The van der Waals surface area contributed by atoms with Crippen LogP contribution in [-0.4, -0.2) is 43.2 Å². The van der Waals surface area contributed by atoms with Crippen LogP contribution in [0.15, 0.2) is 18.2 Å². The van der Waals surface area contributed by atoms with Gasteiger partial charge in [-0.05, 0) is 13.0 Å². The highest BCUT2D eigenvalue weighted by Gasteiger charge is 2.29. The molecule has 1 unspecified atom stereocenters. The molecule has 0 radical (unpaired) electrons. The summed E-state index contributed by atoms with van der Waals surface area (Å²) >= 11 is 0. The third kappa shape index (κ3) is 2.78. The molecule has 108 valence electrons. The summed E-state index contributed by atoms with van der Waals surface area (Å²) in [5.41, 5.74) is 0.640. The van der Waals surface area contributed by atoms with E-state index in [1.165, 1.54) is 12.1 Å². The maximum atomic E-state index is 12.2. The third-order valence-corrected chi connectivity index (χ3v) is 3.52. The molecule has 1 fully saturated rings. The zero-order valence-corrected chi connectivity index (χ0v) is 11.4. The minimum absolute atomic E-state index is 0.0505. The molecule has 0 aromatic heterocycles. The number of benzene rings is 1. The van der Waals surface area contributed by atoms with Crippen LogP contribution >= 0.6 is 0 Å². The Balaban J connectivity index is 2.17. The molecule has 2 N–H and O–H groups in total. The molecular formula is C13H17N3O4. The fourth-order valence-electron chi connectivity index (χ4n) is 2.36. The van der Waals surface area contributed by atoms with E-state index in [-0.39, 0.29) is 23.7 Å². The molecule has 1 heterocycles. The van der Waals surface area contributed by atoms with Crippen molar-refractivity contribution in [3.8, 4) is 0 Å². The molecule has 0 saturated carbocycles. The summed E-state index contributed by atoms with van der Waals surface area (Å²) in [5.74, 6) is -0.318. The number of hydrogen-bond donors (Lipinski definition) is 2. The fourth-order valence-corrected chi connectivity index (χ4v) is 2.36. The first-order chi connectivity index (χ1) is 9.54. The van der Waals surface area contributed by atoms with Crippen molar-refractivity contribution < 1.29 is 14.5 Å². The van der Waals surface area contributed by atoms with E-state index in [0.717, 1.165) is 0 Å². The molecule has 1 aromatic rings. The summed E-state index contributed by atoms with van der Waals surface area (Å²) in [4.78, 5) is 22.6. The molecule has 1 aliphatic rings. The van der Waals surface area contributed by atoms with Gasteiger partial charge in [-0.1, -0.05) is 6.07 Å². The van der Waals surface area contributed by atoms with Gasteiger partial charge in [0, 0.05) is 37.4 Å². The molecule has 0 spiro atoms. The number of nitrogens with one attached hydrogen (secondary N) is 2. The standard InChI is InChI=1S/C13H17N3O4/c1-8-9(4-3-5-11(8)16(18)19)13(17)15-10-6-14-7-12(10)20-2/h3-5,10,12,14H,6-7H2,1-2H3,(H,15,17)/t10?,12-/m0/s1. The predicted molar refractivity (Wildman–Crippen MR) is 72.8 cm³/mol. The largest absolute Gasteiger partial charge is 0.378 e. The molecule has 1 amide bonds. The van der Waals surface area contributed by atoms with Gasteiger partial charge in [0.2, 0.25) is 0 Å². The summed E-state index contributed by atoms with van der Waals surface area (Å²) in [7, 11) is 1.59. The molecule has 1 aliphatic heterocycles. The van der Waals surface area contributed by atoms with E-state index in [2.05, 4.69) is 10.6 Å². The van der Waals surface area contributed by atoms with Gasteiger partial charge in [-0.2, -0.15) is 0 Å². The van der Waals surface area contributed by atoms with E-state index in [9.17, 15) is 14.9 Å². The van der Waals surface area contributed by atoms with Crippen molar-refractivity contribution in [3.63, 3.8) is 0 Å². The molecule has 7 heteroatoms. The van der Waals surface area contributed by atoms with Crippen molar-refractivity contribution in [2.45, 2.75) is 19.1 Å². The van der Waals surface area contributed by atoms with Gasteiger partial charge in [-0.25, -0.2) is 0 Å². The van der Waals surface area contributed by atoms with Crippen molar-refractivity contribution in [2.24, 2.45) is 0 Å². The number of nitro groups is 1. The average molecular weight is 279 g/mol. The summed E-state index contributed by atoms with van der Waals surface area (Å²) in [6.45, 7) is 2.88. The zero-order valence-electron chi connectivity index (χ0n) is 11.4. The monoisotopic (exact) mass is 279 g/mol. The van der Waals surface area contributed by atoms with Crippen LogP contribution in [0.3, 0.4) is 0 Å². The fraction of sp³-hybridized carbons (Fsp3) is 0.462. The molecule has 0 aliphatic carbocycles. The van der Waals surface area contributed by atoms with Crippen molar-refractivity contribution in [3.05, 3.63) is 39.4 Å². The first kappa shape index (κ1) is 14.4. The van der Waals surface area contributed by atoms with Crippen LogP contribution in [0.1, 0.15) is 15.9 Å². The lowest BCUT2D eigenvalue weighted by molar-refractivity contribution is -0.385. The van der Waals surface area contributed by atoms with Gasteiger partial charge in [0.05, 0.1) is 17.1 Å². The molecular weight excluding hydrogens is 262 g/mol. The first-order valence-corrected chi connectivity index (χ1v) is 6.33. The summed E-state index contributed by atoms with van der Waals surface area (Å²) < 4.78 is 5.27. The van der Waals surface area contributed by atoms with E-state index in [0.29, 0.717) is 24.2 Å². The van der Waals surface area contributed by atoms with Crippen LogP contribution < -0.4 is 10.6 Å². The Kier molecular flexibility index (Phi) is 4.31. The molecule has 20 heavy (non-hydrogen) atoms. The summed E-state index contributed by atoms with van der Waals surface area (Å²) in [5, 5.41) is 16.9. The molecule has 1 saturated heterocycles. The van der Waals surface area contributed by atoms with E-state index in [1.54, 1.807) is 20.1 Å². The lowest BCUT2D eigenvalue weighted by atomic mass is 10.1. The second-order valence-electron chi connectivity index (χ2n) is 4.72. The van der Waals surface area contributed by atoms with Crippen molar-refractivity contribution in [1.82, 2.24) is 10.6 Å². The lowest BCUT2D eigenvalue weighted by Crippen LogP contribution is -2.43. The number of carbonyl (C=O) groups excluding carboxylic acids is 1. The van der Waals surface area contributed by atoms with Crippen molar-refractivity contribution in [1.29, 1.82) is 0 Å². The normalized spacial score (nSPS) is 21.7. The van der Waals surface area contributed by atoms with E-state index in [4.69, 9.17) is 4.74 Å². The van der Waals surface area contributed by atoms with Crippen molar-refractivity contribution >= 4 is 11.6 Å². The minimum Gasteiger partial charge on any atom is -0.378 e. The zero-order chi connectivity index (χ0) is 14.7. The highest BCUT2D eigenvalue weighted by Crippen LogP contribution is 2.21. The van der Waals surface area contributed by atoms with Gasteiger partial charge < -0.3 is 15.4 Å². The van der Waals surface area contributed by atoms with Gasteiger partial charge in [-0.15, -0.1) is 0 Å². The maximum Gasteiger partial charge on any atom is 0.273 e. The lowest BCUT2D eigenvalue weighted by Gasteiger charge is -2.19. The van der Waals surface area contributed by atoms with Gasteiger partial charge in [0.25, 0.3) is 11.6 Å². The van der Waals surface area contributed by atoms with Crippen molar-refractivity contribution in [2.75, 3.05) is 20.2 Å². The topological polar surface area (TPSA) is 93.5 Å². The number of rotatable bonds is 4. The quantitative estimate of drug-likeness (QED) is 0.622. The minimum atomic E-state index is -0.485. The number of ether oxygens (including phenoxy) is 1. The second kappa shape index (κ2) is 5.98. The van der Waals surface area contributed by atoms with Crippen LogP contribution in [0, 0.1) is 17.0 Å². The summed E-state index contributed by atoms with van der Waals surface area (Å²) in [6.07, 6.45) is -0.0852.